The summed E-state index contributed by atoms with van der Waals surface area (Å²) in [5.74, 6) is -0.944. The van der Waals surface area contributed by atoms with E-state index in [1.807, 2.05) is 0 Å². The van der Waals surface area contributed by atoms with Gasteiger partial charge >= 0.3 is 0 Å². The zero-order valence-corrected chi connectivity index (χ0v) is 10.7. The van der Waals surface area contributed by atoms with Crippen molar-refractivity contribution in [3.05, 3.63) is 69.7 Å². The summed E-state index contributed by atoms with van der Waals surface area (Å²) < 4.78 is 27.0. The van der Waals surface area contributed by atoms with E-state index in [1.165, 1.54) is 30.3 Å². The first kappa shape index (κ1) is 12.7. The molecule has 2 aromatic rings. The van der Waals surface area contributed by atoms with E-state index in [0.29, 0.717) is 5.56 Å². The van der Waals surface area contributed by atoms with Gasteiger partial charge in [-0.15, -0.1) is 0 Å². The SMILES string of the molecule is O/N=C(/c1ccc(F)cc1)c1cccc(Br)c1F. The lowest BCUT2D eigenvalue weighted by molar-refractivity contribution is 0.319. The Balaban J connectivity index is 2.53. The van der Waals surface area contributed by atoms with Gasteiger partial charge in [0.05, 0.1) is 4.47 Å². The molecule has 0 amide bonds. The molecule has 0 atom stereocenters. The van der Waals surface area contributed by atoms with E-state index >= 15 is 0 Å². The highest BCUT2D eigenvalue weighted by Gasteiger charge is 2.14. The first-order valence-corrected chi connectivity index (χ1v) is 5.85. The normalized spacial score (nSPS) is 11.6. The highest BCUT2D eigenvalue weighted by Crippen LogP contribution is 2.21. The average Bonchev–Trinajstić information content (AvgIpc) is 2.37. The number of halogens is 3. The molecule has 0 heterocycles. The van der Waals surface area contributed by atoms with Crippen molar-refractivity contribution in [2.75, 3.05) is 0 Å². The van der Waals surface area contributed by atoms with E-state index in [-0.39, 0.29) is 15.7 Å². The molecule has 2 nitrogen and oxygen atoms in total. The van der Waals surface area contributed by atoms with Crippen LogP contribution in [0.2, 0.25) is 0 Å². The van der Waals surface area contributed by atoms with Gasteiger partial charge < -0.3 is 5.21 Å². The second-order valence-corrected chi connectivity index (χ2v) is 4.41. The summed E-state index contributed by atoms with van der Waals surface area (Å²) in [5.41, 5.74) is 0.614. The minimum atomic E-state index is -0.533. The molecule has 0 fully saturated rings. The fourth-order valence-corrected chi connectivity index (χ4v) is 1.93. The molecule has 18 heavy (non-hydrogen) atoms. The zero-order chi connectivity index (χ0) is 13.1. The largest absolute Gasteiger partial charge is 0.410 e. The van der Waals surface area contributed by atoms with Crippen molar-refractivity contribution < 1.29 is 14.0 Å². The lowest BCUT2D eigenvalue weighted by Crippen LogP contribution is -2.06. The van der Waals surface area contributed by atoms with Crippen molar-refractivity contribution in [3.8, 4) is 0 Å². The smallest absolute Gasteiger partial charge is 0.146 e. The Hall–Kier alpha value is -1.75. The third kappa shape index (κ3) is 2.41. The van der Waals surface area contributed by atoms with Gasteiger partial charge in [-0.1, -0.05) is 11.2 Å². The van der Waals surface area contributed by atoms with Crippen molar-refractivity contribution >= 4 is 21.6 Å². The zero-order valence-electron chi connectivity index (χ0n) is 9.07. The van der Waals surface area contributed by atoms with Crippen LogP contribution in [0.3, 0.4) is 0 Å². The molecule has 0 aliphatic carbocycles. The number of hydrogen-bond acceptors (Lipinski definition) is 2. The molecule has 0 spiro atoms. The summed E-state index contributed by atoms with van der Waals surface area (Å²) in [7, 11) is 0. The summed E-state index contributed by atoms with van der Waals surface area (Å²) >= 11 is 3.06. The van der Waals surface area contributed by atoms with Gasteiger partial charge in [0.1, 0.15) is 17.3 Å². The maximum absolute atomic E-state index is 13.9. The molecule has 0 aliphatic heterocycles. The molecule has 2 rings (SSSR count). The van der Waals surface area contributed by atoms with Gasteiger partial charge in [-0.2, -0.15) is 0 Å². The maximum Gasteiger partial charge on any atom is 0.146 e. The first-order valence-electron chi connectivity index (χ1n) is 5.06. The highest BCUT2D eigenvalue weighted by molar-refractivity contribution is 9.10. The lowest BCUT2D eigenvalue weighted by atomic mass is 10.0. The maximum atomic E-state index is 13.9. The molecule has 5 heteroatoms. The van der Waals surface area contributed by atoms with E-state index in [0.717, 1.165) is 0 Å². The van der Waals surface area contributed by atoms with Gasteiger partial charge in [-0.05, 0) is 52.3 Å². The average molecular weight is 312 g/mol. The Kier molecular flexibility index (Phi) is 3.72. The van der Waals surface area contributed by atoms with Gasteiger partial charge in [-0.3, -0.25) is 0 Å². The first-order chi connectivity index (χ1) is 8.63. The Morgan fingerprint density at radius 2 is 1.72 bits per heavy atom. The number of benzene rings is 2. The van der Waals surface area contributed by atoms with E-state index in [2.05, 4.69) is 21.1 Å². The van der Waals surface area contributed by atoms with Gasteiger partial charge in [0.15, 0.2) is 0 Å². The molecule has 2 aromatic carbocycles. The van der Waals surface area contributed by atoms with Crippen LogP contribution in [0.1, 0.15) is 11.1 Å². The van der Waals surface area contributed by atoms with E-state index in [9.17, 15) is 8.78 Å². The number of nitrogens with zero attached hydrogens (tertiary/aromatic N) is 1. The van der Waals surface area contributed by atoms with Gasteiger partial charge in [0.2, 0.25) is 0 Å². The molecular formula is C13H8BrF2NO. The van der Waals surface area contributed by atoms with Crippen LogP contribution in [0.15, 0.2) is 52.1 Å². The standard InChI is InChI=1S/C13H8BrF2NO/c14-11-3-1-2-10(12(11)16)13(17-18)8-4-6-9(15)7-5-8/h1-7,18H/b17-13-. The van der Waals surface area contributed by atoms with Crippen molar-refractivity contribution in [1.29, 1.82) is 0 Å². The van der Waals surface area contributed by atoms with Crippen LogP contribution in [-0.2, 0) is 0 Å². The van der Waals surface area contributed by atoms with Crippen LogP contribution in [0.4, 0.5) is 8.78 Å². The topological polar surface area (TPSA) is 32.6 Å². The fraction of sp³-hybridized carbons (Fsp3) is 0. The second kappa shape index (κ2) is 5.27. The van der Waals surface area contributed by atoms with Crippen LogP contribution in [0, 0.1) is 11.6 Å². The molecular weight excluding hydrogens is 304 g/mol. The van der Waals surface area contributed by atoms with Crippen LogP contribution in [-0.4, -0.2) is 10.9 Å². The van der Waals surface area contributed by atoms with Crippen LogP contribution in [0.5, 0.6) is 0 Å². The van der Waals surface area contributed by atoms with E-state index in [1.54, 1.807) is 12.1 Å². The van der Waals surface area contributed by atoms with E-state index in [4.69, 9.17) is 5.21 Å². The summed E-state index contributed by atoms with van der Waals surface area (Å²) in [5, 5.41) is 12.1. The molecule has 0 aliphatic rings. The Morgan fingerprint density at radius 1 is 1.06 bits per heavy atom. The molecule has 0 saturated carbocycles. The Labute approximate surface area is 111 Å². The Morgan fingerprint density at radius 3 is 2.33 bits per heavy atom. The number of rotatable bonds is 2. The second-order valence-electron chi connectivity index (χ2n) is 3.56. The molecule has 0 unspecified atom stereocenters. The third-order valence-electron chi connectivity index (χ3n) is 2.42. The van der Waals surface area contributed by atoms with Crippen LogP contribution < -0.4 is 0 Å². The molecule has 0 radical (unpaired) electrons. The van der Waals surface area contributed by atoms with Crippen molar-refractivity contribution in [1.82, 2.24) is 0 Å². The van der Waals surface area contributed by atoms with Crippen LogP contribution in [0.25, 0.3) is 0 Å². The summed E-state index contributed by atoms with van der Waals surface area (Å²) in [6.07, 6.45) is 0. The fourth-order valence-electron chi connectivity index (χ4n) is 1.56. The van der Waals surface area contributed by atoms with Crippen molar-refractivity contribution in [2.45, 2.75) is 0 Å². The molecule has 1 N–H and O–H groups in total. The molecule has 0 saturated heterocycles. The highest BCUT2D eigenvalue weighted by atomic mass is 79.9. The summed E-state index contributed by atoms with van der Waals surface area (Å²) in [6.45, 7) is 0. The lowest BCUT2D eigenvalue weighted by Gasteiger charge is -2.07. The minimum absolute atomic E-state index is 0.0498. The van der Waals surface area contributed by atoms with Gasteiger partial charge in [0.25, 0.3) is 0 Å². The Bertz CT molecular complexity index is 596. The minimum Gasteiger partial charge on any atom is -0.410 e. The molecule has 0 bridgehead atoms. The summed E-state index contributed by atoms with van der Waals surface area (Å²) in [6, 6.07) is 9.93. The van der Waals surface area contributed by atoms with Crippen molar-refractivity contribution in [3.63, 3.8) is 0 Å². The van der Waals surface area contributed by atoms with Crippen molar-refractivity contribution in [2.24, 2.45) is 5.16 Å². The van der Waals surface area contributed by atoms with Gasteiger partial charge in [-0.25, -0.2) is 8.78 Å². The number of hydrogen-bond donors (Lipinski definition) is 1. The predicted molar refractivity (Wildman–Crippen MR) is 67.9 cm³/mol. The predicted octanol–water partition coefficient (Wildman–Crippen LogP) is 3.95. The monoisotopic (exact) mass is 311 g/mol. The molecule has 92 valence electrons. The quantitative estimate of drug-likeness (QED) is 0.508. The number of oxime groups is 1. The van der Waals surface area contributed by atoms with Gasteiger partial charge in [0, 0.05) is 11.1 Å². The van der Waals surface area contributed by atoms with Crippen LogP contribution >= 0.6 is 15.9 Å². The third-order valence-corrected chi connectivity index (χ3v) is 3.04. The summed E-state index contributed by atoms with van der Waals surface area (Å²) in [4.78, 5) is 0. The van der Waals surface area contributed by atoms with E-state index < -0.39 is 11.6 Å². The molecule has 0 aromatic heterocycles.